The summed E-state index contributed by atoms with van der Waals surface area (Å²) in [6.45, 7) is 1.90. The summed E-state index contributed by atoms with van der Waals surface area (Å²) in [5.41, 5.74) is 8.53. The van der Waals surface area contributed by atoms with Crippen LogP contribution < -0.4 is 11.1 Å². The fraction of sp³-hybridized carbons (Fsp3) is 0.176. The molecule has 2 aromatic carbocycles. The third-order valence-electron chi connectivity index (χ3n) is 3.35. The number of carbonyl (C=O) groups excluding carboxylic acids is 2. The Morgan fingerprint density at radius 3 is 2.36 bits per heavy atom. The van der Waals surface area contributed by atoms with Crippen LogP contribution in [-0.4, -0.2) is 9.70 Å². The van der Waals surface area contributed by atoms with E-state index in [1.165, 1.54) is 0 Å². The molecule has 0 spiro atoms. The molecule has 0 radical (unpaired) electrons. The van der Waals surface area contributed by atoms with E-state index in [9.17, 15) is 9.59 Å². The molecular weight excluding hydrogens is 391 g/mol. The number of amides is 1. The van der Waals surface area contributed by atoms with Crippen LogP contribution in [0.1, 0.15) is 22.8 Å². The van der Waals surface area contributed by atoms with Crippen molar-refractivity contribution in [3.05, 3.63) is 59.7 Å². The van der Waals surface area contributed by atoms with E-state index in [0.29, 0.717) is 23.4 Å². The van der Waals surface area contributed by atoms with Gasteiger partial charge in [0, 0.05) is 11.5 Å². The Bertz CT molecular complexity index is 683. The molecule has 1 atom stereocenters. The highest BCUT2D eigenvalue weighted by Gasteiger charge is 2.11. The summed E-state index contributed by atoms with van der Waals surface area (Å²) in [7, 11) is 0. The molecule has 0 aliphatic rings. The van der Waals surface area contributed by atoms with Crippen molar-refractivity contribution in [3.8, 4) is 0 Å². The maximum Gasteiger partial charge on any atom is 0.255 e. The summed E-state index contributed by atoms with van der Waals surface area (Å²) in [6, 6.07) is 14.4. The van der Waals surface area contributed by atoms with E-state index in [0.717, 1.165) is 5.56 Å². The average molecular weight is 408 g/mol. The number of nitrogens with one attached hydrogen (secondary N) is 1. The molecule has 3 N–H and O–H groups in total. The summed E-state index contributed by atoms with van der Waals surface area (Å²) in [4.78, 5) is 23.5. The number of halogens is 1. The zero-order valence-corrected chi connectivity index (χ0v) is 14.3. The second kappa shape index (κ2) is 7.40. The molecule has 2 aromatic rings. The van der Waals surface area contributed by atoms with E-state index in [4.69, 9.17) is 5.73 Å². The summed E-state index contributed by atoms with van der Waals surface area (Å²) in [5, 5.41) is 2.79. The first kappa shape index (κ1) is 16.5. The normalized spacial score (nSPS) is 11.7. The van der Waals surface area contributed by atoms with Gasteiger partial charge in [-0.1, -0.05) is 31.2 Å². The minimum atomic E-state index is -0.206. The van der Waals surface area contributed by atoms with Crippen LogP contribution in [0.4, 0.5) is 11.4 Å². The van der Waals surface area contributed by atoms with E-state index in [-0.39, 0.29) is 15.6 Å². The van der Waals surface area contributed by atoms with Crippen molar-refractivity contribution in [1.29, 1.82) is 0 Å². The minimum absolute atomic E-state index is 0.0237. The van der Waals surface area contributed by atoms with Gasteiger partial charge in [0.15, 0.2) is 3.79 Å². The van der Waals surface area contributed by atoms with Crippen molar-refractivity contribution in [1.82, 2.24) is 0 Å². The SMILES string of the molecule is C[C@@H](Cc1ccc(C(=O)Nc2ccccc2N)cc1)C(=O)I. The highest BCUT2D eigenvalue weighted by Crippen LogP contribution is 2.18. The van der Waals surface area contributed by atoms with Gasteiger partial charge in [-0.2, -0.15) is 0 Å². The van der Waals surface area contributed by atoms with Crippen molar-refractivity contribution in [2.75, 3.05) is 11.1 Å². The standard InChI is InChI=1S/C17H17IN2O2/c1-11(16(18)21)10-12-6-8-13(9-7-12)17(22)20-15-5-3-2-4-14(15)19/h2-9,11H,10,19H2,1H3,(H,20,22)/t11-/m0/s1. The van der Waals surface area contributed by atoms with Crippen LogP contribution in [-0.2, 0) is 11.2 Å². The topological polar surface area (TPSA) is 72.2 Å². The quantitative estimate of drug-likeness (QED) is 0.451. The Kier molecular flexibility index (Phi) is 5.54. The first-order chi connectivity index (χ1) is 10.5. The van der Waals surface area contributed by atoms with E-state index >= 15 is 0 Å². The van der Waals surface area contributed by atoms with Crippen LogP contribution in [0.15, 0.2) is 48.5 Å². The molecule has 4 nitrogen and oxygen atoms in total. The third-order valence-corrected chi connectivity index (χ3v) is 4.42. The van der Waals surface area contributed by atoms with Gasteiger partial charge < -0.3 is 11.1 Å². The highest BCUT2D eigenvalue weighted by molar-refractivity contribution is 14.1. The van der Waals surface area contributed by atoms with Crippen molar-refractivity contribution in [2.24, 2.45) is 5.92 Å². The van der Waals surface area contributed by atoms with E-state index in [2.05, 4.69) is 5.32 Å². The van der Waals surface area contributed by atoms with Crippen LogP contribution in [0, 0.1) is 5.92 Å². The fourth-order valence-corrected chi connectivity index (χ4v) is 2.25. The largest absolute Gasteiger partial charge is 0.397 e. The van der Waals surface area contributed by atoms with Gasteiger partial charge >= 0.3 is 0 Å². The molecule has 22 heavy (non-hydrogen) atoms. The first-order valence-electron chi connectivity index (χ1n) is 6.91. The maximum absolute atomic E-state index is 12.2. The molecule has 0 aliphatic carbocycles. The zero-order chi connectivity index (χ0) is 16.1. The minimum Gasteiger partial charge on any atom is -0.397 e. The summed E-state index contributed by atoms with van der Waals surface area (Å²) >= 11 is 1.81. The predicted molar refractivity (Wildman–Crippen MR) is 97.1 cm³/mol. The Balaban J connectivity index is 2.05. The number of nitrogens with two attached hydrogens (primary N) is 1. The van der Waals surface area contributed by atoms with E-state index in [1.807, 2.05) is 53.8 Å². The fourth-order valence-electron chi connectivity index (χ4n) is 2.03. The van der Waals surface area contributed by atoms with Crippen LogP contribution in [0.2, 0.25) is 0 Å². The van der Waals surface area contributed by atoms with Gasteiger partial charge in [0.1, 0.15) is 0 Å². The first-order valence-corrected chi connectivity index (χ1v) is 7.99. The molecule has 0 aromatic heterocycles. The number of para-hydroxylation sites is 2. The summed E-state index contributed by atoms with van der Waals surface area (Å²) in [6.07, 6.45) is 0.676. The molecule has 0 saturated heterocycles. The van der Waals surface area contributed by atoms with Gasteiger partial charge in [0.05, 0.1) is 11.4 Å². The number of hydrogen-bond acceptors (Lipinski definition) is 3. The second-order valence-electron chi connectivity index (χ2n) is 5.15. The summed E-state index contributed by atoms with van der Waals surface area (Å²) < 4.78 is 0.138. The summed E-state index contributed by atoms with van der Waals surface area (Å²) in [5.74, 6) is -0.230. The van der Waals surface area contributed by atoms with Gasteiger partial charge in [0.2, 0.25) is 0 Å². The van der Waals surface area contributed by atoms with Gasteiger partial charge in [-0.05, 0) is 58.8 Å². The lowest BCUT2D eigenvalue weighted by Crippen LogP contribution is -2.13. The molecule has 0 saturated carbocycles. The Morgan fingerprint density at radius 1 is 1.14 bits per heavy atom. The predicted octanol–water partition coefficient (Wildman–Crippen LogP) is 3.66. The third kappa shape index (κ3) is 4.30. The van der Waals surface area contributed by atoms with Crippen molar-refractivity contribution in [2.45, 2.75) is 13.3 Å². The lowest BCUT2D eigenvalue weighted by molar-refractivity contribution is -0.112. The van der Waals surface area contributed by atoms with Crippen LogP contribution in [0.5, 0.6) is 0 Å². The van der Waals surface area contributed by atoms with Gasteiger partial charge in [-0.15, -0.1) is 0 Å². The molecule has 1 amide bonds. The van der Waals surface area contributed by atoms with Crippen LogP contribution in [0.3, 0.4) is 0 Å². The van der Waals surface area contributed by atoms with E-state index in [1.54, 1.807) is 24.3 Å². The molecule has 5 heteroatoms. The van der Waals surface area contributed by atoms with Crippen LogP contribution >= 0.6 is 22.6 Å². The number of hydrogen-bond donors (Lipinski definition) is 2. The molecule has 114 valence electrons. The number of benzene rings is 2. The number of rotatable bonds is 5. The van der Waals surface area contributed by atoms with Gasteiger partial charge in [-0.3, -0.25) is 9.59 Å². The van der Waals surface area contributed by atoms with E-state index < -0.39 is 0 Å². The second-order valence-corrected chi connectivity index (χ2v) is 6.21. The van der Waals surface area contributed by atoms with Crippen molar-refractivity contribution < 1.29 is 9.59 Å². The van der Waals surface area contributed by atoms with Crippen molar-refractivity contribution >= 4 is 43.7 Å². The maximum atomic E-state index is 12.2. The average Bonchev–Trinajstić information content (AvgIpc) is 2.50. The molecule has 2 rings (SSSR count). The molecule has 0 aliphatic heterocycles. The van der Waals surface area contributed by atoms with Gasteiger partial charge in [-0.25, -0.2) is 0 Å². The van der Waals surface area contributed by atoms with Crippen molar-refractivity contribution in [3.63, 3.8) is 0 Å². The Hall–Kier alpha value is -1.89. The Morgan fingerprint density at radius 2 is 1.77 bits per heavy atom. The molecule has 0 heterocycles. The number of anilines is 2. The number of carbonyl (C=O) groups is 2. The molecular formula is C17H17IN2O2. The lowest BCUT2D eigenvalue weighted by atomic mass is 10.0. The molecule has 0 bridgehead atoms. The monoisotopic (exact) mass is 408 g/mol. The lowest BCUT2D eigenvalue weighted by Gasteiger charge is -2.09. The smallest absolute Gasteiger partial charge is 0.255 e. The zero-order valence-electron chi connectivity index (χ0n) is 12.2. The molecule has 0 fully saturated rings. The molecule has 0 unspecified atom stereocenters. The Labute approximate surface area is 143 Å². The number of nitrogen functional groups attached to an aromatic ring is 1. The van der Waals surface area contributed by atoms with Gasteiger partial charge in [0.25, 0.3) is 5.91 Å². The van der Waals surface area contributed by atoms with Crippen LogP contribution in [0.25, 0.3) is 0 Å². The highest BCUT2D eigenvalue weighted by atomic mass is 127.